The van der Waals surface area contributed by atoms with Gasteiger partial charge in [-0.05, 0) is 37.2 Å². The number of aromatic nitrogens is 1. The summed E-state index contributed by atoms with van der Waals surface area (Å²) in [4.78, 5) is 3.36. The van der Waals surface area contributed by atoms with Crippen molar-refractivity contribution < 1.29 is 0 Å². The number of hydrogen-bond acceptors (Lipinski definition) is 1. The minimum Gasteiger partial charge on any atom is -0.358 e. The third-order valence-electron chi connectivity index (χ3n) is 2.63. The first kappa shape index (κ1) is 10.5. The van der Waals surface area contributed by atoms with Crippen LogP contribution in [-0.4, -0.2) is 11.5 Å². The maximum absolute atomic E-state index is 6.00. The van der Waals surface area contributed by atoms with Crippen molar-refractivity contribution in [1.82, 2.24) is 10.3 Å². The first-order valence-corrected chi connectivity index (χ1v) is 5.57. The van der Waals surface area contributed by atoms with Crippen LogP contribution in [0.5, 0.6) is 0 Å². The van der Waals surface area contributed by atoms with Crippen LogP contribution >= 0.6 is 11.6 Å². The Morgan fingerprint density at radius 2 is 2.20 bits per heavy atom. The number of aryl methyl sites for hydroxylation is 1. The molecule has 0 atom stereocenters. The summed E-state index contributed by atoms with van der Waals surface area (Å²) in [5.41, 5.74) is 3.69. The molecule has 2 aromatic rings. The first-order valence-electron chi connectivity index (χ1n) is 5.19. The highest BCUT2D eigenvalue weighted by Crippen LogP contribution is 2.25. The third-order valence-corrected chi connectivity index (χ3v) is 2.87. The molecule has 0 saturated heterocycles. The average molecular weight is 223 g/mol. The largest absolute Gasteiger partial charge is 0.358 e. The zero-order chi connectivity index (χ0) is 10.8. The summed E-state index contributed by atoms with van der Waals surface area (Å²) in [5.74, 6) is 0. The second-order valence-electron chi connectivity index (χ2n) is 3.70. The summed E-state index contributed by atoms with van der Waals surface area (Å²) in [5, 5.41) is 5.35. The van der Waals surface area contributed by atoms with Gasteiger partial charge in [0.05, 0.1) is 0 Å². The van der Waals surface area contributed by atoms with E-state index in [1.807, 2.05) is 18.2 Å². The Labute approximate surface area is 94.6 Å². The third kappa shape index (κ3) is 2.01. The summed E-state index contributed by atoms with van der Waals surface area (Å²) in [6.45, 7) is 6.08. The Bertz CT molecular complexity index is 474. The lowest BCUT2D eigenvalue weighted by Crippen LogP contribution is -2.12. The maximum Gasteiger partial charge on any atom is 0.0460 e. The van der Waals surface area contributed by atoms with Gasteiger partial charge in [-0.15, -0.1) is 0 Å². The predicted octanol–water partition coefficient (Wildman–Crippen LogP) is 3.24. The molecule has 2 N–H and O–H groups in total. The molecule has 2 nitrogen and oxygen atoms in total. The topological polar surface area (TPSA) is 27.8 Å². The van der Waals surface area contributed by atoms with Gasteiger partial charge in [0.1, 0.15) is 0 Å². The molecular formula is C12H15ClN2. The van der Waals surface area contributed by atoms with Gasteiger partial charge in [0.25, 0.3) is 0 Å². The van der Waals surface area contributed by atoms with Gasteiger partial charge in [-0.3, -0.25) is 0 Å². The van der Waals surface area contributed by atoms with Crippen molar-refractivity contribution in [3.05, 3.63) is 34.5 Å². The fourth-order valence-electron chi connectivity index (χ4n) is 1.83. The molecule has 0 saturated carbocycles. The van der Waals surface area contributed by atoms with Gasteiger partial charge < -0.3 is 10.3 Å². The van der Waals surface area contributed by atoms with E-state index >= 15 is 0 Å². The fraction of sp³-hybridized carbons (Fsp3) is 0.333. The Kier molecular flexibility index (Phi) is 2.98. The molecule has 0 amide bonds. The van der Waals surface area contributed by atoms with Crippen molar-refractivity contribution in [3.63, 3.8) is 0 Å². The number of aromatic amines is 1. The number of H-pyrrole nitrogens is 1. The Hall–Kier alpha value is -0.990. The normalized spacial score (nSPS) is 11.1. The lowest BCUT2D eigenvalue weighted by atomic mass is 10.1. The molecule has 15 heavy (non-hydrogen) atoms. The summed E-state index contributed by atoms with van der Waals surface area (Å²) < 4.78 is 0. The molecule has 0 aliphatic rings. The van der Waals surface area contributed by atoms with E-state index in [4.69, 9.17) is 11.6 Å². The molecule has 0 fully saturated rings. The average Bonchev–Trinajstić information content (AvgIpc) is 2.51. The zero-order valence-electron chi connectivity index (χ0n) is 9.02. The molecule has 2 rings (SSSR count). The quantitative estimate of drug-likeness (QED) is 0.820. The van der Waals surface area contributed by atoms with E-state index in [2.05, 4.69) is 24.1 Å². The number of hydrogen-bond donors (Lipinski definition) is 2. The molecule has 0 unspecified atom stereocenters. The van der Waals surface area contributed by atoms with E-state index in [9.17, 15) is 0 Å². The van der Waals surface area contributed by atoms with Gasteiger partial charge in [-0.2, -0.15) is 0 Å². The second-order valence-corrected chi connectivity index (χ2v) is 4.14. The Morgan fingerprint density at radius 3 is 2.93 bits per heavy atom. The number of fused-ring (bicyclic) bond motifs is 1. The van der Waals surface area contributed by atoms with Crippen molar-refractivity contribution in [3.8, 4) is 0 Å². The number of halogens is 1. The highest BCUT2D eigenvalue weighted by molar-refractivity contribution is 6.31. The highest BCUT2D eigenvalue weighted by Gasteiger charge is 2.07. The minimum absolute atomic E-state index is 0.791. The molecule has 0 spiro atoms. The van der Waals surface area contributed by atoms with E-state index in [0.29, 0.717) is 0 Å². The predicted molar refractivity (Wildman–Crippen MR) is 65.4 cm³/mol. The van der Waals surface area contributed by atoms with Crippen molar-refractivity contribution in [2.24, 2.45) is 0 Å². The molecule has 1 aromatic heterocycles. The summed E-state index contributed by atoms with van der Waals surface area (Å²) in [6, 6.07) is 5.96. The number of rotatable bonds is 3. The van der Waals surface area contributed by atoms with E-state index in [0.717, 1.165) is 23.6 Å². The van der Waals surface area contributed by atoms with Crippen LogP contribution in [0.2, 0.25) is 5.02 Å². The molecule has 0 aliphatic carbocycles. The van der Waals surface area contributed by atoms with Crippen LogP contribution < -0.4 is 5.32 Å². The molecule has 3 heteroatoms. The smallest absolute Gasteiger partial charge is 0.0460 e. The van der Waals surface area contributed by atoms with Gasteiger partial charge in [-0.25, -0.2) is 0 Å². The number of nitrogens with one attached hydrogen (secondary N) is 2. The van der Waals surface area contributed by atoms with E-state index < -0.39 is 0 Å². The van der Waals surface area contributed by atoms with Crippen molar-refractivity contribution >= 4 is 22.5 Å². The molecule has 80 valence electrons. The van der Waals surface area contributed by atoms with Crippen molar-refractivity contribution in [2.75, 3.05) is 6.54 Å². The van der Waals surface area contributed by atoms with Crippen LogP contribution in [0.1, 0.15) is 18.2 Å². The molecule has 1 heterocycles. The molecule has 0 radical (unpaired) electrons. The van der Waals surface area contributed by atoms with Crippen molar-refractivity contribution in [2.45, 2.75) is 20.4 Å². The number of benzene rings is 1. The van der Waals surface area contributed by atoms with Crippen LogP contribution in [0.3, 0.4) is 0 Å². The second kappa shape index (κ2) is 4.25. The van der Waals surface area contributed by atoms with Crippen LogP contribution in [0, 0.1) is 6.92 Å². The van der Waals surface area contributed by atoms with E-state index in [-0.39, 0.29) is 0 Å². The molecular weight excluding hydrogens is 208 g/mol. The Morgan fingerprint density at radius 1 is 1.40 bits per heavy atom. The Balaban J connectivity index is 2.50. The molecule has 0 aliphatic heterocycles. The zero-order valence-corrected chi connectivity index (χ0v) is 9.78. The molecule has 1 aromatic carbocycles. The van der Waals surface area contributed by atoms with Gasteiger partial charge in [0, 0.05) is 28.2 Å². The van der Waals surface area contributed by atoms with E-state index in [1.54, 1.807) is 0 Å². The van der Waals surface area contributed by atoms with E-state index in [1.165, 1.54) is 16.6 Å². The summed E-state index contributed by atoms with van der Waals surface area (Å²) in [6.07, 6.45) is 0. The van der Waals surface area contributed by atoms with Crippen LogP contribution in [0.25, 0.3) is 10.9 Å². The molecule has 0 bridgehead atoms. The van der Waals surface area contributed by atoms with Gasteiger partial charge in [0.2, 0.25) is 0 Å². The lowest BCUT2D eigenvalue weighted by molar-refractivity contribution is 0.727. The summed E-state index contributed by atoms with van der Waals surface area (Å²) >= 11 is 6.00. The van der Waals surface area contributed by atoms with Crippen LogP contribution in [-0.2, 0) is 6.54 Å². The first-order chi connectivity index (χ1) is 7.22. The van der Waals surface area contributed by atoms with Crippen LogP contribution in [0.15, 0.2) is 18.2 Å². The van der Waals surface area contributed by atoms with Crippen LogP contribution in [0.4, 0.5) is 0 Å². The summed E-state index contributed by atoms with van der Waals surface area (Å²) in [7, 11) is 0. The maximum atomic E-state index is 6.00. The SMILES string of the molecule is CCNCc1c(C)[nH]c2ccc(Cl)cc12. The van der Waals surface area contributed by atoms with Gasteiger partial charge >= 0.3 is 0 Å². The standard InChI is InChI=1S/C12H15ClN2/c1-3-14-7-11-8(2)15-12-5-4-9(13)6-10(11)12/h4-6,14-15H,3,7H2,1-2H3. The van der Waals surface area contributed by atoms with Crippen molar-refractivity contribution in [1.29, 1.82) is 0 Å². The monoisotopic (exact) mass is 222 g/mol. The highest BCUT2D eigenvalue weighted by atomic mass is 35.5. The van der Waals surface area contributed by atoms with Gasteiger partial charge in [0.15, 0.2) is 0 Å². The minimum atomic E-state index is 0.791. The fourth-order valence-corrected chi connectivity index (χ4v) is 2.00. The van der Waals surface area contributed by atoms with Gasteiger partial charge in [-0.1, -0.05) is 18.5 Å². The lowest BCUT2D eigenvalue weighted by Gasteiger charge is -2.01.